The van der Waals surface area contributed by atoms with Gasteiger partial charge in [-0.1, -0.05) is 23.4 Å². The molecule has 3 heterocycles. The smallest absolute Gasteiger partial charge is 0.256 e. The molecule has 3 aromatic heterocycles. The van der Waals surface area contributed by atoms with Crippen molar-refractivity contribution in [1.29, 1.82) is 0 Å². The number of nitrogens with one attached hydrogen (secondary N) is 2. The largest absolute Gasteiger partial charge is 0.389 e. The van der Waals surface area contributed by atoms with Crippen molar-refractivity contribution < 1.29 is 15.0 Å². The lowest BCUT2D eigenvalue weighted by molar-refractivity contribution is -0.132. The Morgan fingerprint density at radius 2 is 2.12 bits per heavy atom. The van der Waals surface area contributed by atoms with Crippen molar-refractivity contribution >= 4 is 28.5 Å². The number of rotatable bonds is 5. The first-order valence-electron chi connectivity index (χ1n) is 10.8. The van der Waals surface area contributed by atoms with Crippen molar-refractivity contribution in [3.63, 3.8) is 0 Å². The molecule has 6 rings (SSSR count). The Morgan fingerprint density at radius 1 is 1.27 bits per heavy atom. The molecule has 4 N–H and O–H groups in total. The van der Waals surface area contributed by atoms with Gasteiger partial charge in [-0.2, -0.15) is 14.6 Å². The van der Waals surface area contributed by atoms with E-state index in [0.717, 1.165) is 17.7 Å². The molecule has 0 bridgehead atoms. The van der Waals surface area contributed by atoms with E-state index in [1.165, 1.54) is 11.7 Å². The second-order valence-electron chi connectivity index (χ2n) is 8.67. The van der Waals surface area contributed by atoms with Gasteiger partial charge in [0.15, 0.2) is 17.0 Å². The van der Waals surface area contributed by atoms with E-state index in [1.807, 2.05) is 18.2 Å². The minimum absolute atomic E-state index is 0.226. The molecule has 2 fully saturated rings. The molecule has 3 aliphatic carbocycles. The number of amides is 1. The first kappa shape index (κ1) is 20.0. The van der Waals surface area contributed by atoms with E-state index in [4.69, 9.17) is 0 Å². The van der Waals surface area contributed by atoms with Gasteiger partial charge in [-0.05, 0) is 18.4 Å². The number of hydrogen-bond acceptors (Lipinski definition) is 9. The van der Waals surface area contributed by atoms with E-state index < -0.39 is 23.7 Å². The van der Waals surface area contributed by atoms with E-state index in [2.05, 4.69) is 35.9 Å². The number of anilines is 1. The van der Waals surface area contributed by atoms with Gasteiger partial charge >= 0.3 is 0 Å². The number of allylic oxidation sites excluding steroid dienone is 4. The minimum Gasteiger partial charge on any atom is -0.389 e. The molecule has 0 aliphatic heterocycles. The average Bonchev–Trinajstić information content (AvgIpc) is 3.32. The third-order valence-corrected chi connectivity index (χ3v) is 7.09. The van der Waals surface area contributed by atoms with Crippen LogP contribution >= 0.6 is 0 Å². The van der Waals surface area contributed by atoms with Crippen LogP contribution in [0.2, 0.25) is 0 Å². The highest BCUT2D eigenvalue weighted by atomic mass is 16.3. The van der Waals surface area contributed by atoms with Gasteiger partial charge in [-0.3, -0.25) is 4.79 Å². The number of aliphatic hydroxyl groups is 2. The Morgan fingerprint density at radius 3 is 2.85 bits per heavy atom. The third kappa shape index (κ3) is 2.64. The maximum atomic E-state index is 12.5. The molecule has 2 unspecified atom stereocenters. The predicted octanol–water partition coefficient (Wildman–Crippen LogP) is -0.179. The molecule has 3 aliphatic rings. The van der Waals surface area contributed by atoms with E-state index in [0.29, 0.717) is 29.4 Å². The number of aromatic nitrogens is 7. The Hall–Kier alpha value is -3.64. The summed E-state index contributed by atoms with van der Waals surface area (Å²) in [5, 5.41) is 35.7. The van der Waals surface area contributed by atoms with Gasteiger partial charge in [0, 0.05) is 20.0 Å². The summed E-state index contributed by atoms with van der Waals surface area (Å²) in [6.45, 7) is 0. The molecular weight excluding hydrogens is 426 g/mol. The summed E-state index contributed by atoms with van der Waals surface area (Å²) in [6, 6.07) is -0.546. The molecule has 12 heteroatoms. The van der Waals surface area contributed by atoms with Gasteiger partial charge in [0.1, 0.15) is 11.8 Å². The van der Waals surface area contributed by atoms with Crippen LogP contribution in [0.1, 0.15) is 24.6 Å². The Kier molecular flexibility index (Phi) is 4.20. The summed E-state index contributed by atoms with van der Waals surface area (Å²) in [5.74, 6) is 0.299. The van der Waals surface area contributed by atoms with Crippen molar-refractivity contribution in [2.75, 3.05) is 19.4 Å². The maximum Gasteiger partial charge on any atom is 0.256 e. The predicted molar refractivity (Wildman–Crippen MR) is 117 cm³/mol. The van der Waals surface area contributed by atoms with Crippen LogP contribution in [0.4, 0.5) is 5.82 Å². The van der Waals surface area contributed by atoms with Crippen LogP contribution in [0.25, 0.3) is 22.7 Å². The molecule has 1 amide bonds. The molecule has 170 valence electrons. The molecular formula is C21H23N9O3. The highest BCUT2D eigenvalue weighted by Gasteiger charge is 2.75. The van der Waals surface area contributed by atoms with E-state index in [-0.39, 0.29) is 11.8 Å². The number of fused-ring (bicyclic) bond motifs is 2. The van der Waals surface area contributed by atoms with Crippen molar-refractivity contribution in [2.45, 2.75) is 31.1 Å². The molecule has 5 atom stereocenters. The number of carbonyl (C=O) groups is 1. The summed E-state index contributed by atoms with van der Waals surface area (Å²) < 4.78 is 3.23. The Balaban J connectivity index is 1.43. The van der Waals surface area contributed by atoms with E-state index in [9.17, 15) is 15.0 Å². The molecule has 0 aromatic carbocycles. The molecule has 0 radical (unpaired) electrons. The lowest BCUT2D eigenvalue weighted by atomic mass is 9.98. The average molecular weight is 449 g/mol. The molecule has 0 spiro atoms. The highest BCUT2D eigenvalue weighted by molar-refractivity contribution is 5.88. The maximum absolute atomic E-state index is 12.5. The lowest BCUT2D eigenvalue weighted by Gasteiger charge is -2.23. The summed E-state index contributed by atoms with van der Waals surface area (Å²) in [6.07, 6.45) is 8.35. The molecule has 0 saturated heterocycles. The topological polar surface area (TPSA) is 156 Å². The Bertz CT molecular complexity index is 1340. The second-order valence-corrected chi connectivity index (χ2v) is 8.67. The zero-order valence-electron chi connectivity index (χ0n) is 18.0. The Labute approximate surface area is 188 Å². The normalized spacial score (nSPS) is 29.9. The number of hydrogen-bond donors (Lipinski definition) is 4. The quantitative estimate of drug-likeness (QED) is 0.415. The fraction of sp³-hybridized carbons (Fsp3) is 0.429. The summed E-state index contributed by atoms with van der Waals surface area (Å²) in [4.78, 5) is 26.2. The van der Waals surface area contributed by atoms with Gasteiger partial charge in [0.05, 0.1) is 30.1 Å². The third-order valence-electron chi connectivity index (χ3n) is 7.09. The van der Waals surface area contributed by atoms with Crippen molar-refractivity contribution in [1.82, 2.24) is 39.8 Å². The van der Waals surface area contributed by atoms with Gasteiger partial charge in [-0.25, -0.2) is 4.98 Å². The van der Waals surface area contributed by atoms with Gasteiger partial charge < -0.3 is 25.4 Å². The fourth-order valence-electron chi connectivity index (χ4n) is 5.33. The van der Waals surface area contributed by atoms with Crippen molar-refractivity contribution in [3.8, 4) is 5.95 Å². The zero-order valence-corrected chi connectivity index (χ0v) is 18.0. The van der Waals surface area contributed by atoms with Crippen molar-refractivity contribution in [3.05, 3.63) is 36.4 Å². The monoisotopic (exact) mass is 449 g/mol. The minimum atomic E-state index is -1.17. The number of aliphatic hydroxyl groups excluding tert-OH is 2. The van der Waals surface area contributed by atoms with Crippen LogP contribution in [0.15, 0.2) is 30.8 Å². The zero-order chi connectivity index (χ0) is 22.9. The SMILES string of the molecule is CNC(=O)[C@]12CC1[C@@H](n1cnc3c(NC)nc(-n4cc(C5=CC=CC5)nn4)nc31)[C@H](O)C2O. The summed E-state index contributed by atoms with van der Waals surface area (Å²) >= 11 is 0. The molecule has 33 heavy (non-hydrogen) atoms. The lowest BCUT2D eigenvalue weighted by Crippen LogP contribution is -2.41. The second kappa shape index (κ2) is 6.93. The van der Waals surface area contributed by atoms with Crippen LogP contribution in [0.5, 0.6) is 0 Å². The first-order valence-corrected chi connectivity index (χ1v) is 10.8. The van der Waals surface area contributed by atoms with Crippen molar-refractivity contribution in [2.24, 2.45) is 11.3 Å². The first-order chi connectivity index (χ1) is 16.0. The summed E-state index contributed by atoms with van der Waals surface area (Å²) in [5.41, 5.74) is 1.80. The number of imidazole rings is 1. The van der Waals surface area contributed by atoms with Crippen LogP contribution in [-0.2, 0) is 4.79 Å². The number of nitrogens with zero attached hydrogens (tertiary/aromatic N) is 7. The molecule has 2 saturated carbocycles. The molecule has 12 nitrogen and oxygen atoms in total. The van der Waals surface area contributed by atoms with E-state index >= 15 is 0 Å². The van der Waals surface area contributed by atoms with Crippen LogP contribution in [0.3, 0.4) is 0 Å². The standard InChI is InChI=1S/C21H23N9O3/c1-22-17-13-18(26-20(25-17)30-8-12(27-28-30)10-5-3-4-6-10)29(9-24-13)14-11-7-21(11,19(33)23-2)16(32)15(14)31/h3-5,8-9,11,14-16,31-32H,6-7H2,1-2H3,(H,23,33)(H,22,25,26)/t11?,14-,15+,16?,21-/m1/s1. The van der Waals surface area contributed by atoms with E-state index in [1.54, 1.807) is 24.1 Å². The van der Waals surface area contributed by atoms with Crippen LogP contribution in [-0.4, -0.2) is 76.9 Å². The number of carbonyl (C=O) groups excluding carboxylic acids is 1. The highest BCUT2D eigenvalue weighted by Crippen LogP contribution is 2.67. The summed E-state index contributed by atoms with van der Waals surface area (Å²) in [7, 11) is 3.27. The van der Waals surface area contributed by atoms with Gasteiger partial charge in [0.25, 0.3) is 5.95 Å². The van der Waals surface area contributed by atoms with Gasteiger partial charge in [0.2, 0.25) is 5.91 Å². The fourth-order valence-corrected chi connectivity index (χ4v) is 5.33. The van der Waals surface area contributed by atoms with Crippen LogP contribution in [0, 0.1) is 11.3 Å². The molecule has 3 aromatic rings. The van der Waals surface area contributed by atoms with Gasteiger partial charge in [-0.15, -0.1) is 5.10 Å². The van der Waals surface area contributed by atoms with Crippen LogP contribution < -0.4 is 10.6 Å².